The molecule has 1 aliphatic heterocycles. The first-order valence-electron chi connectivity index (χ1n) is 4.74. The number of aryl methyl sites for hydroxylation is 1. The Morgan fingerprint density at radius 3 is 2.86 bits per heavy atom. The summed E-state index contributed by atoms with van der Waals surface area (Å²) in [6.45, 7) is 4.96. The third kappa shape index (κ3) is 1.35. The predicted molar refractivity (Wildman–Crippen MR) is 60.9 cm³/mol. The van der Waals surface area contributed by atoms with Gasteiger partial charge >= 0.3 is 0 Å². The number of hydrogen-bond acceptors (Lipinski definition) is 2. The standard InChI is InChI=1S/C11H14BrNO/c1-6-4-9-10(7(2)11(6)12)8(13-3)5-14-9/h4,8,13H,5H2,1-3H3. The lowest BCUT2D eigenvalue weighted by Gasteiger charge is -2.12. The van der Waals surface area contributed by atoms with Crippen LogP contribution in [0.2, 0.25) is 0 Å². The van der Waals surface area contributed by atoms with Gasteiger partial charge in [0.05, 0.1) is 6.04 Å². The summed E-state index contributed by atoms with van der Waals surface area (Å²) in [6.07, 6.45) is 0. The number of benzene rings is 1. The normalized spacial score (nSPS) is 19.3. The van der Waals surface area contributed by atoms with E-state index < -0.39 is 0 Å². The second kappa shape index (κ2) is 3.55. The minimum absolute atomic E-state index is 0.335. The Morgan fingerprint density at radius 1 is 1.50 bits per heavy atom. The Kier molecular flexibility index (Phi) is 2.54. The Balaban J connectivity index is 2.60. The second-order valence-corrected chi connectivity index (χ2v) is 4.49. The van der Waals surface area contributed by atoms with Gasteiger partial charge in [-0.2, -0.15) is 0 Å². The first-order valence-corrected chi connectivity index (χ1v) is 5.54. The lowest BCUT2D eigenvalue weighted by molar-refractivity contribution is 0.318. The average Bonchev–Trinajstić information content (AvgIpc) is 2.57. The van der Waals surface area contributed by atoms with Crippen LogP contribution in [0.15, 0.2) is 10.5 Å². The van der Waals surface area contributed by atoms with Crippen molar-refractivity contribution < 1.29 is 4.74 Å². The number of ether oxygens (including phenoxy) is 1. The van der Waals surface area contributed by atoms with E-state index in [1.807, 2.05) is 7.05 Å². The highest BCUT2D eigenvalue weighted by molar-refractivity contribution is 9.10. The van der Waals surface area contributed by atoms with Gasteiger partial charge in [0.15, 0.2) is 0 Å². The van der Waals surface area contributed by atoms with Crippen LogP contribution >= 0.6 is 15.9 Å². The number of nitrogens with one attached hydrogen (secondary N) is 1. The van der Waals surface area contributed by atoms with Crippen molar-refractivity contribution in [3.8, 4) is 5.75 Å². The zero-order valence-corrected chi connectivity index (χ0v) is 10.2. The smallest absolute Gasteiger partial charge is 0.124 e. The van der Waals surface area contributed by atoms with E-state index in [2.05, 4.69) is 41.2 Å². The van der Waals surface area contributed by atoms with Gasteiger partial charge < -0.3 is 10.1 Å². The van der Waals surface area contributed by atoms with Gasteiger partial charge in [0.25, 0.3) is 0 Å². The summed E-state index contributed by atoms with van der Waals surface area (Å²) in [4.78, 5) is 0. The molecule has 14 heavy (non-hydrogen) atoms. The molecular weight excluding hydrogens is 242 g/mol. The van der Waals surface area contributed by atoms with Crippen molar-refractivity contribution in [3.63, 3.8) is 0 Å². The molecule has 0 saturated heterocycles. The molecule has 0 aliphatic carbocycles. The maximum absolute atomic E-state index is 5.64. The molecule has 0 bridgehead atoms. The van der Waals surface area contributed by atoms with Crippen molar-refractivity contribution in [1.82, 2.24) is 5.32 Å². The van der Waals surface area contributed by atoms with E-state index in [1.54, 1.807) is 0 Å². The molecule has 2 rings (SSSR count). The molecule has 1 atom stereocenters. The van der Waals surface area contributed by atoms with Gasteiger partial charge in [-0.1, -0.05) is 15.9 Å². The van der Waals surface area contributed by atoms with Crippen molar-refractivity contribution in [2.75, 3.05) is 13.7 Å². The molecule has 1 heterocycles. The Labute approximate surface area is 92.8 Å². The summed E-state index contributed by atoms with van der Waals surface area (Å²) >= 11 is 3.61. The Bertz CT molecular complexity index is 376. The van der Waals surface area contributed by atoms with Gasteiger partial charge in [-0.3, -0.25) is 0 Å². The Morgan fingerprint density at radius 2 is 2.21 bits per heavy atom. The molecule has 1 aliphatic rings. The van der Waals surface area contributed by atoms with Gasteiger partial charge in [-0.05, 0) is 38.1 Å². The van der Waals surface area contributed by atoms with E-state index in [-0.39, 0.29) is 0 Å². The molecule has 0 amide bonds. The highest BCUT2D eigenvalue weighted by Crippen LogP contribution is 2.39. The van der Waals surface area contributed by atoms with E-state index in [1.165, 1.54) is 21.2 Å². The van der Waals surface area contributed by atoms with Crippen LogP contribution in [0, 0.1) is 13.8 Å². The predicted octanol–water partition coefficient (Wildman–Crippen LogP) is 2.72. The van der Waals surface area contributed by atoms with E-state index in [0.717, 1.165) is 12.4 Å². The zero-order valence-electron chi connectivity index (χ0n) is 8.65. The first kappa shape index (κ1) is 9.99. The van der Waals surface area contributed by atoms with Crippen molar-refractivity contribution >= 4 is 15.9 Å². The summed E-state index contributed by atoms with van der Waals surface area (Å²) in [7, 11) is 1.97. The highest BCUT2D eigenvalue weighted by atomic mass is 79.9. The summed E-state index contributed by atoms with van der Waals surface area (Å²) in [5, 5.41) is 3.26. The number of halogens is 1. The molecule has 0 aromatic heterocycles. The SMILES string of the molecule is CNC1COc2cc(C)c(Br)c(C)c21. The number of hydrogen-bond donors (Lipinski definition) is 1. The number of likely N-dealkylation sites (N-methyl/N-ethyl adjacent to an activating group) is 1. The van der Waals surface area contributed by atoms with E-state index in [0.29, 0.717) is 6.04 Å². The van der Waals surface area contributed by atoms with Gasteiger partial charge in [0.2, 0.25) is 0 Å². The van der Waals surface area contributed by atoms with Crippen LogP contribution < -0.4 is 10.1 Å². The first-order chi connectivity index (χ1) is 6.65. The van der Waals surface area contributed by atoms with Crippen LogP contribution in [0.1, 0.15) is 22.7 Å². The third-order valence-corrected chi connectivity index (χ3v) is 4.02. The molecule has 0 fully saturated rings. The zero-order chi connectivity index (χ0) is 10.3. The van der Waals surface area contributed by atoms with E-state index >= 15 is 0 Å². The molecule has 0 radical (unpaired) electrons. The molecule has 1 unspecified atom stereocenters. The number of fused-ring (bicyclic) bond motifs is 1. The fraction of sp³-hybridized carbons (Fsp3) is 0.455. The van der Waals surface area contributed by atoms with Crippen LogP contribution in [0.4, 0.5) is 0 Å². The van der Waals surface area contributed by atoms with E-state index in [4.69, 9.17) is 4.74 Å². The Hall–Kier alpha value is -0.540. The topological polar surface area (TPSA) is 21.3 Å². The molecule has 0 spiro atoms. The van der Waals surface area contributed by atoms with Crippen LogP contribution in [-0.2, 0) is 0 Å². The quantitative estimate of drug-likeness (QED) is 0.834. The molecule has 76 valence electrons. The lowest BCUT2D eigenvalue weighted by atomic mass is 10.0. The van der Waals surface area contributed by atoms with Crippen LogP contribution in [0.25, 0.3) is 0 Å². The average molecular weight is 256 g/mol. The number of rotatable bonds is 1. The fourth-order valence-electron chi connectivity index (χ4n) is 1.97. The summed E-state index contributed by atoms with van der Waals surface area (Å²) in [5.41, 5.74) is 3.82. The summed E-state index contributed by atoms with van der Waals surface area (Å²) in [5.74, 6) is 1.03. The van der Waals surface area contributed by atoms with Gasteiger partial charge in [0, 0.05) is 10.0 Å². The summed E-state index contributed by atoms with van der Waals surface area (Å²) in [6, 6.07) is 2.44. The minimum atomic E-state index is 0.335. The monoisotopic (exact) mass is 255 g/mol. The summed E-state index contributed by atoms with van der Waals surface area (Å²) < 4.78 is 6.83. The van der Waals surface area contributed by atoms with Gasteiger partial charge in [-0.15, -0.1) is 0 Å². The second-order valence-electron chi connectivity index (χ2n) is 3.70. The minimum Gasteiger partial charge on any atom is -0.491 e. The molecule has 1 N–H and O–H groups in total. The van der Waals surface area contributed by atoms with Gasteiger partial charge in [0.1, 0.15) is 12.4 Å². The lowest BCUT2D eigenvalue weighted by Crippen LogP contribution is -2.18. The molecule has 3 heteroatoms. The van der Waals surface area contributed by atoms with Crippen molar-refractivity contribution in [2.45, 2.75) is 19.9 Å². The largest absolute Gasteiger partial charge is 0.491 e. The van der Waals surface area contributed by atoms with Gasteiger partial charge in [-0.25, -0.2) is 0 Å². The van der Waals surface area contributed by atoms with Crippen LogP contribution in [-0.4, -0.2) is 13.7 Å². The highest BCUT2D eigenvalue weighted by Gasteiger charge is 2.26. The molecule has 1 aromatic rings. The molecular formula is C11H14BrNO. The molecule has 0 saturated carbocycles. The van der Waals surface area contributed by atoms with Crippen molar-refractivity contribution in [3.05, 3.63) is 27.2 Å². The fourth-order valence-corrected chi connectivity index (χ4v) is 2.30. The third-order valence-electron chi connectivity index (χ3n) is 2.79. The molecule has 1 aromatic carbocycles. The van der Waals surface area contributed by atoms with Crippen molar-refractivity contribution in [1.29, 1.82) is 0 Å². The molecule has 2 nitrogen and oxygen atoms in total. The van der Waals surface area contributed by atoms with Crippen LogP contribution in [0.5, 0.6) is 5.75 Å². The van der Waals surface area contributed by atoms with Crippen molar-refractivity contribution in [2.24, 2.45) is 0 Å². The van der Waals surface area contributed by atoms with E-state index in [9.17, 15) is 0 Å². The maximum atomic E-state index is 5.64. The van der Waals surface area contributed by atoms with Crippen LogP contribution in [0.3, 0.4) is 0 Å². The maximum Gasteiger partial charge on any atom is 0.124 e.